The van der Waals surface area contributed by atoms with Gasteiger partial charge in [0.05, 0.1) is 13.7 Å². The number of hydrogen-bond donors (Lipinski definition) is 1. The van der Waals surface area contributed by atoms with Gasteiger partial charge in [0.1, 0.15) is 17.3 Å². The van der Waals surface area contributed by atoms with E-state index in [1.165, 1.54) is 7.11 Å². The highest BCUT2D eigenvalue weighted by molar-refractivity contribution is 5.97. The number of carbonyl (C=O) groups excluding carboxylic acids is 2. The highest BCUT2D eigenvalue weighted by Gasteiger charge is 2.45. The fraction of sp³-hybridized carbons (Fsp3) is 0.312. The van der Waals surface area contributed by atoms with Gasteiger partial charge >= 0.3 is 5.97 Å². The summed E-state index contributed by atoms with van der Waals surface area (Å²) in [5.41, 5.74) is -1.50. The van der Waals surface area contributed by atoms with Crippen molar-refractivity contribution in [3.8, 4) is 11.3 Å². The number of nitrogens with zero attached hydrogens (tertiary/aromatic N) is 1. The van der Waals surface area contributed by atoms with Crippen LogP contribution in [0.15, 0.2) is 28.8 Å². The van der Waals surface area contributed by atoms with Crippen molar-refractivity contribution in [3.05, 3.63) is 41.7 Å². The number of benzene rings is 1. The summed E-state index contributed by atoms with van der Waals surface area (Å²) in [5.74, 6) is -3.01. The fourth-order valence-electron chi connectivity index (χ4n) is 2.55. The van der Waals surface area contributed by atoms with E-state index in [1.54, 1.807) is 0 Å². The molecule has 2 heterocycles. The Morgan fingerprint density at radius 2 is 2.12 bits per heavy atom. The maximum atomic E-state index is 13.8. The second-order valence-electron chi connectivity index (χ2n) is 5.53. The van der Waals surface area contributed by atoms with Crippen LogP contribution in [0.25, 0.3) is 11.3 Å². The van der Waals surface area contributed by atoms with Gasteiger partial charge in [0, 0.05) is 24.7 Å². The van der Waals surface area contributed by atoms with E-state index in [9.17, 15) is 18.4 Å². The fourth-order valence-corrected chi connectivity index (χ4v) is 2.55. The first-order chi connectivity index (χ1) is 11.9. The summed E-state index contributed by atoms with van der Waals surface area (Å²) < 4.78 is 41.8. The molecule has 1 aromatic heterocycles. The Labute approximate surface area is 140 Å². The Balaban J connectivity index is 1.83. The third kappa shape index (κ3) is 3.22. The summed E-state index contributed by atoms with van der Waals surface area (Å²) >= 11 is 0. The molecular weight excluding hydrogens is 338 g/mol. The summed E-state index contributed by atoms with van der Waals surface area (Å²) in [7, 11) is 1.20. The van der Waals surface area contributed by atoms with Gasteiger partial charge in [-0.05, 0) is 18.2 Å². The largest absolute Gasteiger partial charge is 0.467 e. The highest BCUT2D eigenvalue weighted by atomic mass is 19.1. The molecular formula is C16H14F2N2O5. The SMILES string of the molecule is COC(=O)C1(NC(=O)c2cc(-c3cc(F)ccc3F)no2)CCOC1. The number of hydrogen-bond acceptors (Lipinski definition) is 6. The van der Waals surface area contributed by atoms with E-state index < -0.39 is 29.0 Å². The number of aromatic nitrogens is 1. The molecule has 1 aliphatic heterocycles. The normalized spacial score (nSPS) is 19.6. The predicted molar refractivity (Wildman–Crippen MR) is 79.5 cm³/mol. The molecule has 0 aliphatic carbocycles. The predicted octanol–water partition coefficient (Wildman–Crippen LogP) is 1.68. The van der Waals surface area contributed by atoms with Crippen molar-refractivity contribution in [3.63, 3.8) is 0 Å². The van der Waals surface area contributed by atoms with E-state index in [0.717, 1.165) is 24.3 Å². The zero-order valence-corrected chi connectivity index (χ0v) is 13.2. The second-order valence-corrected chi connectivity index (χ2v) is 5.53. The van der Waals surface area contributed by atoms with Gasteiger partial charge < -0.3 is 19.3 Å². The summed E-state index contributed by atoms with van der Waals surface area (Å²) in [6.45, 7) is 0.246. The Hall–Kier alpha value is -2.81. The molecule has 1 saturated heterocycles. The van der Waals surface area contributed by atoms with Crippen molar-refractivity contribution in [2.24, 2.45) is 0 Å². The van der Waals surface area contributed by atoms with Crippen molar-refractivity contribution in [2.45, 2.75) is 12.0 Å². The van der Waals surface area contributed by atoms with Crippen LogP contribution in [0.5, 0.6) is 0 Å². The zero-order valence-electron chi connectivity index (χ0n) is 13.2. The molecule has 1 unspecified atom stereocenters. The lowest BCUT2D eigenvalue weighted by molar-refractivity contribution is -0.148. The summed E-state index contributed by atoms with van der Waals surface area (Å²) in [6.07, 6.45) is 0.241. The number of ether oxygens (including phenoxy) is 2. The highest BCUT2D eigenvalue weighted by Crippen LogP contribution is 2.25. The summed E-state index contributed by atoms with van der Waals surface area (Å²) in [4.78, 5) is 24.3. The maximum Gasteiger partial charge on any atom is 0.334 e. The van der Waals surface area contributed by atoms with E-state index in [4.69, 9.17) is 14.0 Å². The van der Waals surface area contributed by atoms with Crippen LogP contribution in [0, 0.1) is 11.6 Å². The van der Waals surface area contributed by atoms with Gasteiger partial charge in [-0.1, -0.05) is 5.16 Å². The van der Waals surface area contributed by atoms with Gasteiger partial charge in [-0.3, -0.25) is 4.79 Å². The van der Waals surface area contributed by atoms with E-state index in [1.807, 2.05) is 0 Å². The van der Waals surface area contributed by atoms with Crippen LogP contribution in [0.1, 0.15) is 17.0 Å². The summed E-state index contributed by atoms with van der Waals surface area (Å²) in [5, 5.41) is 6.09. The molecule has 1 atom stereocenters. The molecule has 0 spiro atoms. The summed E-state index contributed by atoms with van der Waals surface area (Å²) in [6, 6.07) is 4.01. The van der Waals surface area contributed by atoms with Crippen molar-refractivity contribution >= 4 is 11.9 Å². The van der Waals surface area contributed by atoms with Crippen LogP contribution >= 0.6 is 0 Å². The number of amides is 1. The van der Waals surface area contributed by atoms with E-state index in [0.29, 0.717) is 0 Å². The number of nitrogens with one attached hydrogen (secondary N) is 1. The quantitative estimate of drug-likeness (QED) is 0.842. The minimum Gasteiger partial charge on any atom is -0.467 e. The first-order valence-electron chi connectivity index (χ1n) is 7.36. The van der Waals surface area contributed by atoms with Crippen molar-refractivity contribution < 1.29 is 32.4 Å². The van der Waals surface area contributed by atoms with E-state index in [2.05, 4.69) is 10.5 Å². The van der Waals surface area contributed by atoms with E-state index >= 15 is 0 Å². The molecule has 0 radical (unpaired) electrons. The average molecular weight is 352 g/mol. The number of halogens is 2. The lowest BCUT2D eigenvalue weighted by Crippen LogP contribution is -2.55. The van der Waals surface area contributed by atoms with Crippen molar-refractivity contribution in [2.75, 3.05) is 20.3 Å². The minimum atomic E-state index is -1.32. The van der Waals surface area contributed by atoms with Gasteiger partial charge in [-0.2, -0.15) is 0 Å². The Morgan fingerprint density at radius 1 is 1.32 bits per heavy atom. The number of rotatable bonds is 4. The van der Waals surface area contributed by atoms with Gasteiger partial charge in [-0.15, -0.1) is 0 Å². The van der Waals surface area contributed by atoms with Crippen LogP contribution in [0.2, 0.25) is 0 Å². The van der Waals surface area contributed by atoms with Crippen LogP contribution in [-0.2, 0) is 14.3 Å². The smallest absolute Gasteiger partial charge is 0.334 e. The zero-order chi connectivity index (χ0) is 18.0. The Bertz CT molecular complexity index is 815. The lowest BCUT2D eigenvalue weighted by atomic mass is 9.98. The number of esters is 1. The van der Waals surface area contributed by atoms with Crippen LogP contribution in [-0.4, -0.2) is 42.9 Å². The maximum absolute atomic E-state index is 13.8. The van der Waals surface area contributed by atoms with Crippen LogP contribution in [0.4, 0.5) is 8.78 Å². The third-order valence-electron chi connectivity index (χ3n) is 3.89. The Kier molecular flexibility index (Phi) is 4.49. The molecule has 0 saturated carbocycles. The molecule has 7 nitrogen and oxygen atoms in total. The molecule has 1 aliphatic rings. The van der Waals surface area contributed by atoms with Gasteiger partial charge in [0.25, 0.3) is 5.91 Å². The molecule has 1 aromatic carbocycles. The van der Waals surface area contributed by atoms with Gasteiger partial charge in [0.2, 0.25) is 5.76 Å². The van der Waals surface area contributed by atoms with Crippen molar-refractivity contribution in [1.82, 2.24) is 10.5 Å². The molecule has 9 heteroatoms. The molecule has 1 amide bonds. The molecule has 0 bridgehead atoms. The van der Waals surface area contributed by atoms with Crippen LogP contribution < -0.4 is 5.32 Å². The third-order valence-corrected chi connectivity index (χ3v) is 3.89. The number of methoxy groups -OCH3 is 1. The topological polar surface area (TPSA) is 90.7 Å². The van der Waals surface area contributed by atoms with E-state index in [-0.39, 0.29) is 36.7 Å². The minimum absolute atomic E-state index is 0.0368. The second kappa shape index (κ2) is 6.60. The molecule has 2 aromatic rings. The molecule has 132 valence electrons. The standard InChI is InChI=1S/C16H14F2N2O5/c1-23-15(22)16(4-5-24-8-16)19-14(21)13-7-12(20-25-13)10-6-9(17)2-3-11(10)18/h2-3,6-7H,4-5,8H2,1H3,(H,19,21). The first-order valence-corrected chi connectivity index (χ1v) is 7.36. The van der Waals surface area contributed by atoms with Gasteiger partial charge in [-0.25, -0.2) is 13.6 Å². The first kappa shape index (κ1) is 17.0. The van der Waals surface area contributed by atoms with Crippen molar-refractivity contribution in [1.29, 1.82) is 0 Å². The lowest BCUT2D eigenvalue weighted by Gasteiger charge is -2.24. The van der Waals surface area contributed by atoms with Gasteiger partial charge in [0.15, 0.2) is 5.54 Å². The monoisotopic (exact) mass is 352 g/mol. The molecule has 25 heavy (non-hydrogen) atoms. The Morgan fingerprint density at radius 3 is 2.80 bits per heavy atom. The average Bonchev–Trinajstić information content (AvgIpc) is 3.26. The molecule has 1 fully saturated rings. The molecule has 3 rings (SSSR count). The van der Waals surface area contributed by atoms with Crippen LogP contribution in [0.3, 0.4) is 0 Å². The molecule has 1 N–H and O–H groups in total. The number of carbonyl (C=O) groups is 2.